The quantitative estimate of drug-likeness (QED) is 0.477. The summed E-state index contributed by atoms with van der Waals surface area (Å²) in [6, 6.07) is 16.4. The van der Waals surface area contributed by atoms with Crippen LogP contribution in [0, 0.1) is 11.8 Å². The Morgan fingerprint density at radius 1 is 0.938 bits per heavy atom. The van der Waals surface area contributed by atoms with Crippen LogP contribution in [0.25, 0.3) is 0 Å². The Bertz CT molecular complexity index is 913. The number of piperidine rings is 1. The Hall–Kier alpha value is -1.75. The van der Waals surface area contributed by atoms with E-state index >= 15 is 0 Å². The molecule has 0 bridgehead atoms. The second-order valence-electron chi connectivity index (χ2n) is 9.47. The molecular weight excluding hydrogens is 441 g/mol. The van der Waals surface area contributed by atoms with Crippen LogP contribution in [0.15, 0.2) is 48.5 Å². The van der Waals surface area contributed by atoms with Crippen molar-refractivity contribution in [2.45, 2.75) is 39.2 Å². The second-order valence-corrected chi connectivity index (χ2v) is 10.3. The molecule has 2 saturated heterocycles. The lowest BCUT2D eigenvalue weighted by Crippen LogP contribution is -2.50. The fourth-order valence-corrected chi connectivity index (χ4v) is 5.34. The number of hydrogen-bond acceptors (Lipinski definition) is 2. The minimum Gasteiger partial charge on any atom is -0.318 e. The number of likely N-dealkylation sites (tertiary alicyclic amines) is 1. The molecule has 2 aliphatic rings. The Morgan fingerprint density at radius 3 is 2.31 bits per heavy atom. The van der Waals surface area contributed by atoms with Crippen LogP contribution < -0.4 is 4.90 Å². The van der Waals surface area contributed by atoms with Gasteiger partial charge in [-0.05, 0) is 74.0 Å². The van der Waals surface area contributed by atoms with E-state index in [0.717, 1.165) is 44.8 Å². The second kappa shape index (κ2) is 10.5. The highest BCUT2D eigenvalue weighted by atomic mass is 35.5. The zero-order valence-corrected chi connectivity index (χ0v) is 20.5. The molecule has 1 atom stereocenters. The number of para-hydroxylation sites is 1. The topological polar surface area (TPSA) is 26.8 Å². The molecule has 2 aliphatic heterocycles. The summed E-state index contributed by atoms with van der Waals surface area (Å²) < 4.78 is 0. The van der Waals surface area contributed by atoms with E-state index in [0.29, 0.717) is 21.9 Å². The number of urea groups is 1. The molecule has 1 unspecified atom stereocenters. The summed E-state index contributed by atoms with van der Waals surface area (Å²) in [7, 11) is 0. The normalized spacial score (nSPS) is 19.2. The minimum absolute atomic E-state index is 0.143. The lowest BCUT2D eigenvalue weighted by atomic mass is 9.89. The van der Waals surface area contributed by atoms with E-state index in [-0.39, 0.29) is 12.1 Å². The highest BCUT2D eigenvalue weighted by molar-refractivity contribution is 6.42. The first kappa shape index (κ1) is 23.4. The van der Waals surface area contributed by atoms with Gasteiger partial charge in [0.25, 0.3) is 0 Å². The van der Waals surface area contributed by atoms with Crippen LogP contribution in [0.2, 0.25) is 10.0 Å². The Balaban J connectivity index is 1.32. The van der Waals surface area contributed by atoms with Crippen molar-refractivity contribution < 1.29 is 4.79 Å². The van der Waals surface area contributed by atoms with Crippen LogP contribution in [-0.2, 0) is 6.42 Å². The van der Waals surface area contributed by atoms with Crippen LogP contribution in [-0.4, -0.2) is 54.6 Å². The van der Waals surface area contributed by atoms with Crippen LogP contribution in [0.3, 0.4) is 0 Å². The summed E-state index contributed by atoms with van der Waals surface area (Å²) in [4.78, 5) is 19.8. The molecular formula is C26H33Cl2N3O. The van der Waals surface area contributed by atoms with E-state index in [4.69, 9.17) is 23.2 Å². The molecule has 0 radical (unpaired) electrons. The van der Waals surface area contributed by atoms with Gasteiger partial charge in [0.05, 0.1) is 10.0 Å². The van der Waals surface area contributed by atoms with Gasteiger partial charge in [-0.2, -0.15) is 0 Å². The van der Waals surface area contributed by atoms with Crippen LogP contribution in [0.5, 0.6) is 0 Å². The van der Waals surface area contributed by atoms with Crippen molar-refractivity contribution in [2.24, 2.45) is 11.8 Å². The Morgan fingerprint density at radius 2 is 1.66 bits per heavy atom. The molecule has 2 aromatic rings. The zero-order chi connectivity index (χ0) is 22.7. The number of amides is 2. The number of benzene rings is 2. The van der Waals surface area contributed by atoms with Gasteiger partial charge >= 0.3 is 6.03 Å². The molecule has 0 saturated carbocycles. The van der Waals surface area contributed by atoms with Crippen LogP contribution in [0.1, 0.15) is 32.3 Å². The van der Waals surface area contributed by atoms with Crippen molar-refractivity contribution in [3.8, 4) is 0 Å². The molecule has 172 valence electrons. The first-order valence-corrected chi connectivity index (χ1v) is 12.5. The highest BCUT2D eigenvalue weighted by Gasteiger charge is 2.37. The SMILES string of the molecule is CC(C)C(CN1CCC(Cc2ccc(Cl)c(Cl)c2)CC1)N1CCN(c2ccccc2)C1=O. The first-order chi connectivity index (χ1) is 15.4. The van der Waals surface area contributed by atoms with Gasteiger partial charge in [-0.15, -0.1) is 0 Å². The standard InChI is InChI=1S/C26H33Cl2N3O/c1-19(2)25(31-15-14-30(26(31)32)22-6-4-3-5-7-22)18-29-12-10-20(11-13-29)16-21-8-9-23(27)24(28)17-21/h3-9,17,19-20,25H,10-16,18H2,1-2H3. The van der Waals surface area contributed by atoms with Gasteiger partial charge in [0, 0.05) is 31.4 Å². The van der Waals surface area contributed by atoms with Gasteiger partial charge in [0.15, 0.2) is 0 Å². The van der Waals surface area contributed by atoms with E-state index in [9.17, 15) is 4.79 Å². The van der Waals surface area contributed by atoms with Crippen molar-refractivity contribution in [3.05, 3.63) is 64.1 Å². The van der Waals surface area contributed by atoms with E-state index in [1.807, 2.05) is 47.4 Å². The third kappa shape index (κ3) is 5.41. The molecule has 2 amide bonds. The monoisotopic (exact) mass is 473 g/mol. The average molecular weight is 474 g/mol. The smallest absolute Gasteiger partial charge is 0.318 e. The van der Waals surface area contributed by atoms with Gasteiger partial charge in [-0.3, -0.25) is 4.90 Å². The zero-order valence-electron chi connectivity index (χ0n) is 19.0. The molecule has 0 aliphatic carbocycles. The number of rotatable bonds is 7. The van der Waals surface area contributed by atoms with Crippen molar-refractivity contribution in [3.63, 3.8) is 0 Å². The Kier molecular flexibility index (Phi) is 7.65. The predicted octanol–water partition coefficient (Wildman–Crippen LogP) is 6.21. The first-order valence-electron chi connectivity index (χ1n) is 11.7. The molecule has 6 heteroatoms. The summed E-state index contributed by atoms with van der Waals surface area (Å²) >= 11 is 12.2. The molecule has 2 fully saturated rings. The van der Waals surface area contributed by atoms with Gasteiger partial charge < -0.3 is 9.80 Å². The lowest BCUT2D eigenvalue weighted by molar-refractivity contribution is 0.113. The maximum absolute atomic E-state index is 13.2. The van der Waals surface area contributed by atoms with E-state index in [1.165, 1.54) is 18.4 Å². The number of anilines is 1. The third-order valence-corrected chi connectivity index (χ3v) is 7.68. The number of carbonyl (C=O) groups is 1. The molecule has 4 rings (SSSR count). The summed E-state index contributed by atoms with van der Waals surface area (Å²) in [5, 5.41) is 1.26. The maximum Gasteiger partial charge on any atom is 0.324 e. The van der Waals surface area contributed by atoms with Crippen LogP contribution >= 0.6 is 23.2 Å². The molecule has 0 aromatic heterocycles. The summed E-state index contributed by atoms with van der Waals surface area (Å²) in [5.41, 5.74) is 2.26. The minimum atomic E-state index is 0.143. The summed E-state index contributed by atoms with van der Waals surface area (Å²) in [6.07, 6.45) is 3.40. The number of hydrogen-bond donors (Lipinski definition) is 0. The van der Waals surface area contributed by atoms with Crippen LogP contribution in [0.4, 0.5) is 10.5 Å². The van der Waals surface area contributed by atoms with Crippen molar-refractivity contribution in [1.82, 2.24) is 9.80 Å². The van der Waals surface area contributed by atoms with Crippen molar-refractivity contribution in [2.75, 3.05) is 37.6 Å². The van der Waals surface area contributed by atoms with E-state index in [1.54, 1.807) is 0 Å². The number of carbonyl (C=O) groups excluding carboxylic acids is 1. The highest BCUT2D eigenvalue weighted by Crippen LogP contribution is 2.28. The fourth-order valence-electron chi connectivity index (χ4n) is 5.02. The number of halogens is 2. The molecule has 32 heavy (non-hydrogen) atoms. The van der Waals surface area contributed by atoms with E-state index in [2.05, 4.69) is 29.7 Å². The maximum atomic E-state index is 13.2. The average Bonchev–Trinajstić information content (AvgIpc) is 3.17. The van der Waals surface area contributed by atoms with Gasteiger partial charge in [-0.1, -0.05) is 61.3 Å². The Labute approximate surface area is 202 Å². The van der Waals surface area contributed by atoms with Gasteiger partial charge in [0.2, 0.25) is 0 Å². The van der Waals surface area contributed by atoms with Crippen molar-refractivity contribution in [1.29, 1.82) is 0 Å². The predicted molar refractivity (Wildman–Crippen MR) is 134 cm³/mol. The molecule has 2 heterocycles. The van der Waals surface area contributed by atoms with Crippen molar-refractivity contribution >= 4 is 34.9 Å². The molecule has 4 nitrogen and oxygen atoms in total. The van der Waals surface area contributed by atoms with Gasteiger partial charge in [-0.25, -0.2) is 4.79 Å². The van der Waals surface area contributed by atoms with E-state index < -0.39 is 0 Å². The molecule has 0 N–H and O–H groups in total. The third-order valence-electron chi connectivity index (χ3n) is 6.94. The number of nitrogens with zero attached hydrogens (tertiary/aromatic N) is 3. The molecule has 2 aromatic carbocycles. The van der Waals surface area contributed by atoms with Gasteiger partial charge in [0.1, 0.15) is 0 Å². The summed E-state index contributed by atoms with van der Waals surface area (Å²) in [6.45, 7) is 9.15. The lowest BCUT2D eigenvalue weighted by Gasteiger charge is -2.38. The molecule has 0 spiro atoms. The fraction of sp³-hybridized carbons (Fsp3) is 0.500. The summed E-state index contributed by atoms with van der Waals surface area (Å²) in [5.74, 6) is 1.09. The largest absolute Gasteiger partial charge is 0.324 e.